The lowest BCUT2D eigenvalue weighted by molar-refractivity contribution is 0.0695. The molecule has 0 aromatic carbocycles. The van der Waals surface area contributed by atoms with Crippen molar-refractivity contribution in [2.75, 3.05) is 0 Å². The molecule has 0 fully saturated rings. The number of carboxylic acid groups (broad SMARTS) is 1. The molecule has 6 heteroatoms. The first-order valence-corrected chi connectivity index (χ1v) is 3.68. The molecule has 1 aromatic heterocycles. The Balaban J connectivity index is 3.42. The fourth-order valence-electron chi connectivity index (χ4n) is 1.02. The summed E-state index contributed by atoms with van der Waals surface area (Å²) in [5, 5.41) is 8.60. The molecule has 0 spiro atoms. The Hall–Kier alpha value is -1.72. The van der Waals surface area contributed by atoms with Crippen molar-refractivity contribution in [3.05, 3.63) is 33.2 Å². The Morgan fingerprint density at radius 1 is 1.57 bits per heavy atom. The molecule has 1 heterocycles. The van der Waals surface area contributed by atoms with E-state index >= 15 is 0 Å². The van der Waals surface area contributed by atoms with Gasteiger partial charge in [0.2, 0.25) is 0 Å². The predicted octanol–water partition coefficient (Wildman–Crippen LogP) is 1.32. The van der Waals surface area contributed by atoms with E-state index in [1.54, 1.807) is 0 Å². The average Bonchev–Trinajstić information content (AvgIpc) is 2.02. The number of halogens is 2. The number of nitrogens with one attached hydrogen (secondary N) is 1. The quantitative estimate of drug-likeness (QED) is 0.761. The maximum atomic E-state index is 12.2. The van der Waals surface area contributed by atoms with E-state index in [0.29, 0.717) is 6.07 Å². The molecule has 0 bridgehead atoms. The van der Waals surface area contributed by atoms with Gasteiger partial charge in [-0.15, -0.1) is 0 Å². The number of pyridine rings is 1. The summed E-state index contributed by atoms with van der Waals surface area (Å²) in [6.07, 6.45) is -2.97. The highest BCUT2D eigenvalue weighted by atomic mass is 19.3. The van der Waals surface area contributed by atoms with Crippen LogP contribution in [-0.2, 0) is 0 Å². The minimum atomic E-state index is -2.97. The second-order valence-corrected chi connectivity index (χ2v) is 2.70. The largest absolute Gasteiger partial charge is 0.478 e. The number of aromatic carboxylic acids is 1. The van der Waals surface area contributed by atoms with Crippen LogP contribution in [0.15, 0.2) is 10.9 Å². The van der Waals surface area contributed by atoms with Crippen LogP contribution in [0.2, 0.25) is 0 Å². The lowest BCUT2D eigenvalue weighted by atomic mass is 10.1. The number of aromatic nitrogens is 1. The fraction of sp³-hybridized carbons (Fsp3) is 0.250. The van der Waals surface area contributed by atoms with E-state index in [0.717, 1.165) is 0 Å². The first kappa shape index (κ1) is 10.4. The number of carboxylic acids is 1. The van der Waals surface area contributed by atoms with E-state index in [9.17, 15) is 18.4 Å². The Morgan fingerprint density at radius 2 is 2.14 bits per heavy atom. The SMILES string of the molecule is Cc1[nH]c(=O)c(C(F)F)cc1C(=O)O. The molecule has 0 aliphatic carbocycles. The summed E-state index contributed by atoms with van der Waals surface area (Å²) < 4.78 is 24.4. The molecule has 0 aliphatic rings. The number of alkyl halides is 2. The summed E-state index contributed by atoms with van der Waals surface area (Å²) in [4.78, 5) is 23.5. The maximum Gasteiger partial charge on any atom is 0.337 e. The van der Waals surface area contributed by atoms with Crippen LogP contribution >= 0.6 is 0 Å². The molecule has 0 aliphatic heterocycles. The minimum Gasteiger partial charge on any atom is -0.478 e. The topological polar surface area (TPSA) is 70.2 Å². The zero-order valence-electron chi connectivity index (χ0n) is 7.17. The summed E-state index contributed by atoms with van der Waals surface area (Å²) in [5.41, 5.74) is -2.04. The lowest BCUT2D eigenvalue weighted by Gasteiger charge is -2.03. The molecular formula is C8H7F2NO3. The number of carbonyl (C=O) groups is 1. The molecule has 1 rings (SSSR count). The predicted molar refractivity (Wildman–Crippen MR) is 43.7 cm³/mol. The molecule has 0 radical (unpaired) electrons. The van der Waals surface area contributed by atoms with Crippen LogP contribution in [0.3, 0.4) is 0 Å². The monoisotopic (exact) mass is 203 g/mol. The number of aryl methyl sites for hydroxylation is 1. The first-order chi connectivity index (χ1) is 6.43. The smallest absolute Gasteiger partial charge is 0.337 e. The van der Waals surface area contributed by atoms with E-state index in [1.807, 2.05) is 0 Å². The van der Waals surface area contributed by atoms with E-state index in [1.165, 1.54) is 6.92 Å². The third kappa shape index (κ3) is 1.78. The molecule has 76 valence electrons. The molecule has 0 saturated carbocycles. The standard InChI is InChI=1S/C8H7F2NO3/c1-3-4(8(13)14)2-5(6(9)10)7(12)11-3/h2,6H,1H3,(H,11,12)(H,13,14). The van der Waals surface area contributed by atoms with E-state index in [2.05, 4.69) is 4.98 Å². The molecular weight excluding hydrogens is 196 g/mol. The summed E-state index contributed by atoms with van der Waals surface area (Å²) in [6, 6.07) is 0.696. The highest BCUT2D eigenvalue weighted by Crippen LogP contribution is 2.16. The van der Waals surface area contributed by atoms with Crippen LogP contribution in [0, 0.1) is 6.92 Å². The van der Waals surface area contributed by atoms with Gasteiger partial charge in [0.15, 0.2) is 0 Å². The van der Waals surface area contributed by atoms with Gasteiger partial charge in [-0.1, -0.05) is 0 Å². The normalized spacial score (nSPS) is 10.6. The molecule has 0 atom stereocenters. The van der Waals surface area contributed by atoms with Gasteiger partial charge in [0.25, 0.3) is 12.0 Å². The van der Waals surface area contributed by atoms with Crippen molar-refractivity contribution in [2.24, 2.45) is 0 Å². The molecule has 4 nitrogen and oxygen atoms in total. The van der Waals surface area contributed by atoms with Crippen molar-refractivity contribution in [3.63, 3.8) is 0 Å². The Kier molecular flexibility index (Phi) is 2.64. The van der Waals surface area contributed by atoms with Crippen molar-refractivity contribution < 1.29 is 18.7 Å². The zero-order valence-corrected chi connectivity index (χ0v) is 7.17. The molecule has 14 heavy (non-hydrogen) atoms. The summed E-state index contributed by atoms with van der Waals surface area (Å²) in [6.45, 7) is 1.33. The second-order valence-electron chi connectivity index (χ2n) is 2.70. The van der Waals surface area contributed by atoms with Gasteiger partial charge in [0.1, 0.15) is 0 Å². The third-order valence-electron chi connectivity index (χ3n) is 1.73. The van der Waals surface area contributed by atoms with Gasteiger partial charge in [-0.25, -0.2) is 13.6 Å². The van der Waals surface area contributed by atoms with Gasteiger partial charge >= 0.3 is 5.97 Å². The molecule has 0 saturated heterocycles. The third-order valence-corrected chi connectivity index (χ3v) is 1.73. The maximum absolute atomic E-state index is 12.2. The van der Waals surface area contributed by atoms with E-state index in [4.69, 9.17) is 5.11 Å². The van der Waals surface area contributed by atoms with Crippen LogP contribution in [0.25, 0.3) is 0 Å². The van der Waals surface area contributed by atoms with Crippen LogP contribution in [-0.4, -0.2) is 16.1 Å². The van der Waals surface area contributed by atoms with Crippen molar-refractivity contribution in [2.45, 2.75) is 13.3 Å². The first-order valence-electron chi connectivity index (χ1n) is 3.68. The Labute approximate surface area is 77.2 Å². The van der Waals surface area contributed by atoms with Crippen LogP contribution in [0.4, 0.5) is 8.78 Å². The molecule has 2 N–H and O–H groups in total. The van der Waals surface area contributed by atoms with E-state index < -0.39 is 23.5 Å². The van der Waals surface area contributed by atoms with Gasteiger partial charge in [0, 0.05) is 5.69 Å². The highest BCUT2D eigenvalue weighted by molar-refractivity contribution is 5.88. The van der Waals surface area contributed by atoms with Gasteiger partial charge in [-0.05, 0) is 13.0 Å². The van der Waals surface area contributed by atoms with Crippen LogP contribution < -0.4 is 5.56 Å². The highest BCUT2D eigenvalue weighted by Gasteiger charge is 2.17. The van der Waals surface area contributed by atoms with Crippen LogP contribution in [0.1, 0.15) is 28.0 Å². The van der Waals surface area contributed by atoms with Gasteiger partial charge in [-0.2, -0.15) is 0 Å². The van der Waals surface area contributed by atoms with Crippen molar-refractivity contribution in [1.82, 2.24) is 4.98 Å². The number of aromatic amines is 1. The summed E-state index contributed by atoms with van der Waals surface area (Å²) in [7, 11) is 0. The van der Waals surface area contributed by atoms with Crippen molar-refractivity contribution in [1.29, 1.82) is 0 Å². The minimum absolute atomic E-state index is 0.0619. The number of rotatable bonds is 2. The molecule has 1 aromatic rings. The number of hydrogen-bond acceptors (Lipinski definition) is 2. The zero-order chi connectivity index (χ0) is 10.9. The second kappa shape index (κ2) is 3.57. The van der Waals surface area contributed by atoms with E-state index in [-0.39, 0.29) is 11.3 Å². The lowest BCUT2D eigenvalue weighted by Crippen LogP contribution is -2.17. The number of H-pyrrole nitrogens is 1. The van der Waals surface area contributed by atoms with Crippen LogP contribution in [0.5, 0.6) is 0 Å². The van der Waals surface area contributed by atoms with Crippen molar-refractivity contribution in [3.8, 4) is 0 Å². The molecule has 0 amide bonds. The van der Waals surface area contributed by atoms with Gasteiger partial charge in [0.05, 0.1) is 11.1 Å². The van der Waals surface area contributed by atoms with Gasteiger partial charge < -0.3 is 10.1 Å². The average molecular weight is 203 g/mol. The van der Waals surface area contributed by atoms with Gasteiger partial charge in [-0.3, -0.25) is 4.79 Å². The summed E-state index contributed by atoms with van der Waals surface area (Å²) >= 11 is 0. The Morgan fingerprint density at radius 3 is 2.57 bits per heavy atom. The fourth-order valence-corrected chi connectivity index (χ4v) is 1.02. The Bertz CT molecular complexity index is 425. The molecule has 0 unspecified atom stereocenters. The van der Waals surface area contributed by atoms with Crippen molar-refractivity contribution >= 4 is 5.97 Å². The summed E-state index contributed by atoms with van der Waals surface area (Å²) in [5.74, 6) is -1.35. The number of hydrogen-bond donors (Lipinski definition) is 2.